The SMILES string of the molecule is CC1CC(N)CCN1c1ccc(C#N)c(Cl)c1. The van der Waals surface area contributed by atoms with E-state index in [-0.39, 0.29) is 0 Å². The minimum Gasteiger partial charge on any atom is -0.369 e. The van der Waals surface area contributed by atoms with Gasteiger partial charge in [-0.05, 0) is 38.0 Å². The van der Waals surface area contributed by atoms with Crippen molar-refractivity contribution < 1.29 is 0 Å². The normalized spacial score (nSPS) is 24.5. The van der Waals surface area contributed by atoms with E-state index in [1.165, 1.54) is 0 Å². The van der Waals surface area contributed by atoms with Crippen molar-refractivity contribution in [3.8, 4) is 6.07 Å². The van der Waals surface area contributed by atoms with Gasteiger partial charge in [-0.2, -0.15) is 5.26 Å². The van der Waals surface area contributed by atoms with Gasteiger partial charge in [0, 0.05) is 24.3 Å². The zero-order valence-corrected chi connectivity index (χ0v) is 10.6. The summed E-state index contributed by atoms with van der Waals surface area (Å²) in [5.74, 6) is 0. The molecule has 17 heavy (non-hydrogen) atoms. The molecule has 1 saturated heterocycles. The van der Waals surface area contributed by atoms with Crippen LogP contribution in [0.3, 0.4) is 0 Å². The monoisotopic (exact) mass is 249 g/mol. The van der Waals surface area contributed by atoms with E-state index in [4.69, 9.17) is 22.6 Å². The van der Waals surface area contributed by atoms with Crippen LogP contribution in [0.2, 0.25) is 5.02 Å². The average molecular weight is 250 g/mol. The number of nitrogens with zero attached hydrogens (tertiary/aromatic N) is 2. The van der Waals surface area contributed by atoms with Gasteiger partial charge in [-0.15, -0.1) is 0 Å². The Hall–Kier alpha value is -1.24. The molecule has 0 saturated carbocycles. The van der Waals surface area contributed by atoms with Crippen molar-refractivity contribution in [2.45, 2.75) is 31.8 Å². The number of nitriles is 1. The highest BCUT2D eigenvalue weighted by Gasteiger charge is 2.23. The minimum atomic E-state index is 0.301. The van der Waals surface area contributed by atoms with Crippen LogP contribution in [0.1, 0.15) is 25.3 Å². The third-order valence-corrected chi connectivity index (χ3v) is 3.63. The molecule has 0 spiro atoms. The summed E-state index contributed by atoms with van der Waals surface area (Å²) in [6.45, 7) is 3.12. The van der Waals surface area contributed by atoms with E-state index in [9.17, 15) is 0 Å². The molecule has 0 aromatic heterocycles. The Kier molecular flexibility index (Phi) is 3.56. The number of anilines is 1. The smallest absolute Gasteiger partial charge is 0.101 e. The lowest BCUT2D eigenvalue weighted by Crippen LogP contribution is -2.45. The van der Waals surface area contributed by atoms with E-state index in [0.717, 1.165) is 25.1 Å². The van der Waals surface area contributed by atoms with Gasteiger partial charge < -0.3 is 10.6 Å². The lowest BCUT2D eigenvalue weighted by Gasteiger charge is -2.38. The molecule has 1 heterocycles. The van der Waals surface area contributed by atoms with Gasteiger partial charge in [-0.3, -0.25) is 0 Å². The van der Waals surface area contributed by atoms with Gasteiger partial charge in [-0.1, -0.05) is 11.6 Å². The molecule has 0 bridgehead atoms. The van der Waals surface area contributed by atoms with Crippen LogP contribution >= 0.6 is 11.6 Å². The quantitative estimate of drug-likeness (QED) is 0.832. The van der Waals surface area contributed by atoms with Gasteiger partial charge in [-0.25, -0.2) is 0 Å². The van der Waals surface area contributed by atoms with E-state index < -0.39 is 0 Å². The standard InChI is InChI=1S/C13H16ClN3/c1-9-6-11(16)4-5-17(9)12-3-2-10(8-15)13(14)7-12/h2-3,7,9,11H,4-6,16H2,1H3. The van der Waals surface area contributed by atoms with E-state index in [1.807, 2.05) is 12.1 Å². The molecule has 0 radical (unpaired) electrons. The minimum absolute atomic E-state index is 0.301. The predicted molar refractivity (Wildman–Crippen MR) is 70.2 cm³/mol. The molecule has 90 valence electrons. The van der Waals surface area contributed by atoms with Crippen LogP contribution in [0.5, 0.6) is 0 Å². The van der Waals surface area contributed by atoms with Gasteiger partial charge in [0.15, 0.2) is 0 Å². The molecular weight excluding hydrogens is 234 g/mol. The number of halogens is 1. The van der Waals surface area contributed by atoms with Crippen LogP contribution in [-0.2, 0) is 0 Å². The lowest BCUT2D eigenvalue weighted by atomic mass is 9.98. The lowest BCUT2D eigenvalue weighted by molar-refractivity contribution is 0.430. The van der Waals surface area contributed by atoms with E-state index in [1.54, 1.807) is 6.07 Å². The number of hydrogen-bond acceptors (Lipinski definition) is 3. The third-order valence-electron chi connectivity index (χ3n) is 3.32. The summed E-state index contributed by atoms with van der Waals surface area (Å²) in [5, 5.41) is 9.36. The van der Waals surface area contributed by atoms with Gasteiger partial charge in [0.2, 0.25) is 0 Å². The van der Waals surface area contributed by atoms with Gasteiger partial charge >= 0.3 is 0 Å². The summed E-state index contributed by atoms with van der Waals surface area (Å²) in [5.41, 5.74) is 7.55. The third kappa shape index (κ3) is 2.54. The maximum absolute atomic E-state index is 8.84. The van der Waals surface area contributed by atoms with E-state index >= 15 is 0 Å². The highest BCUT2D eigenvalue weighted by molar-refractivity contribution is 6.32. The second kappa shape index (κ2) is 4.95. The summed E-state index contributed by atoms with van der Waals surface area (Å²) < 4.78 is 0. The Bertz CT molecular complexity index is 452. The summed E-state index contributed by atoms with van der Waals surface area (Å²) >= 11 is 6.05. The maximum Gasteiger partial charge on any atom is 0.101 e. The van der Waals surface area contributed by atoms with Crippen LogP contribution in [0.15, 0.2) is 18.2 Å². The first-order valence-corrected chi connectivity index (χ1v) is 6.21. The van der Waals surface area contributed by atoms with Gasteiger partial charge in [0.05, 0.1) is 10.6 Å². The van der Waals surface area contributed by atoms with E-state index in [2.05, 4.69) is 17.9 Å². The van der Waals surface area contributed by atoms with Crippen molar-refractivity contribution in [3.05, 3.63) is 28.8 Å². The zero-order valence-electron chi connectivity index (χ0n) is 9.86. The summed E-state index contributed by atoms with van der Waals surface area (Å²) in [7, 11) is 0. The van der Waals surface area contributed by atoms with Gasteiger partial charge in [0.1, 0.15) is 6.07 Å². The van der Waals surface area contributed by atoms with E-state index in [0.29, 0.717) is 22.7 Å². The molecule has 1 aromatic rings. The second-order valence-corrected chi connectivity index (χ2v) is 5.01. The Morgan fingerprint density at radius 3 is 2.88 bits per heavy atom. The molecule has 0 aliphatic carbocycles. The maximum atomic E-state index is 8.84. The number of hydrogen-bond donors (Lipinski definition) is 1. The van der Waals surface area contributed by atoms with Crippen molar-refractivity contribution >= 4 is 17.3 Å². The van der Waals surface area contributed by atoms with Crippen molar-refractivity contribution in [2.24, 2.45) is 5.73 Å². The fourth-order valence-electron chi connectivity index (χ4n) is 2.37. The Morgan fingerprint density at radius 2 is 2.29 bits per heavy atom. The van der Waals surface area contributed by atoms with Crippen LogP contribution in [0.25, 0.3) is 0 Å². The zero-order chi connectivity index (χ0) is 12.4. The molecule has 1 aromatic carbocycles. The molecular formula is C13H16ClN3. The summed E-state index contributed by atoms with van der Waals surface area (Å²) in [6, 6.07) is 8.39. The predicted octanol–water partition coefficient (Wildman–Crippen LogP) is 2.53. The summed E-state index contributed by atoms with van der Waals surface area (Å²) in [6.07, 6.45) is 2.00. The topological polar surface area (TPSA) is 53.0 Å². The Morgan fingerprint density at radius 1 is 1.53 bits per heavy atom. The molecule has 2 rings (SSSR count). The molecule has 1 aliphatic rings. The molecule has 4 heteroatoms. The average Bonchev–Trinajstić information content (AvgIpc) is 2.29. The first-order valence-electron chi connectivity index (χ1n) is 5.83. The first kappa shape index (κ1) is 12.2. The van der Waals surface area contributed by atoms with Crippen molar-refractivity contribution in [1.82, 2.24) is 0 Å². The molecule has 2 unspecified atom stereocenters. The van der Waals surface area contributed by atoms with Crippen LogP contribution in [0, 0.1) is 11.3 Å². The highest BCUT2D eigenvalue weighted by atomic mass is 35.5. The largest absolute Gasteiger partial charge is 0.369 e. The van der Waals surface area contributed by atoms with Crippen molar-refractivity contribution in [2.75, 3.05) is 11.4 Å². The number of piperidine rings is 1. The molecule has 0 amide bonds. The second-order valence-electron chi connectivity index (χ2n) is 4.60. The summed E-state index contributed by atoms with van der Waals surface area (Å²) in [4.78, 5) is 2.30. The van der Waals surface area contributed by atoms with Crippen molar-refractivity contribution in [1.29, 1.82) is 5.26 Å². The molecule has 3 nitrogen and oxygen atoms in total. The number of nitrogens with two attached hydrogens (primary N) is 1. The number of benzene rings is 1. The molecule has 1 aliphatic heterocycles. The van der Waals surface area contributed by atoms with Crippen LogP contribution in [0.4, 0.5) is 5.69 Å². The fourth-order valence-corrected chi connectivity index (χ4v) is 2.58. The van der Waals surface area contributed by atoms with Crippen molar-refractivity contribution in [3.63, 3.8) is 0 Å². The molecule has 2 N–H and O–H groups in total. The first-order chi connectivity index (χ1) is 8.11. The highest BCUT2D eigenvalue weighted by Crippen LogP contribution is 2.28. The molecule has 1 fully saturated rings. The van der Waals surface area contributed by atoms with Crippen LogP contribution < -0.4 is 10.6 Å². The fraction of sp³-hybridized carbons (Fsp3) is 0.462. The molecule has 2 atom stereocenters. The van der Waals surface area contributed by atoms with Gasteiger partial charge in [0.25, 0.3) is 0 Å². The Balaban J connectivity index is 2.23. The Labute approximate surface area is 107 Å². The number of rotatable bonds is 1. The van der Waals surface area contributed by atoms with Crippen LogP contribution in [-0.4, -0.2) is 18.6 Å².